The Morgan fingerprint density at radius 2 is 2.11 bits per heavy atom. The summed E-state index contributed by atoms with van der Waals surface area (Å²) < 4.78 is 0. The van der Waals surface area contributed by atoms with Crippen molar-refractivity contribution in [3.63, 3.8) is 0 Å². The molecule has 0 saturated carbocycles. The normalized spacial score (nSPS) is 16.4. The zero-order chi connectivity index (χ0) is 14.0. The van der Waals surface area contributed by atoms with Crippen molar-refractivity contribution >= 4 is 29.1 Å². The number of nitrogens with zero attached hydrogens (tertiary/aromatic N) is 4. The van der Waals surface area contributed by atoms with Crippen LogP contribution in [0.1, 0.15) is 12.8 Å². The Labute approximate surface area is 113 Å². The Balaban J connectivity index is 2.21. The summed E-state index contributed by atoms with van der Waals surface area (Å²) in [6, 6.07) is 0. The van der Waals surface area contributed by atoms with E-state index in [1.807, 2.05) is 0 Å². The minimum Gasteiger partial charge on any atom is -0.550 e. The van der Waals surface area contributed by atoms with Gasteiger partial charge in [-0.2, -0.15) is 4.98 Å². The van der Waals surface area contributed by atoms with Crippen molar-refractivity contribution in [2.75, 3.05) is 18.0 Å². The summed E-state index contributed by atoms with van der Waals surface area (Å²) in [6.45, 7) is 0.708. The first-order valence-electron chi connectivity index (χ1n) is 5.61. The SMILES string of the molecule is O=C([O-])C1CCN(c2nc(Cl)ncc2[N+](=O)[O-])CC1. The number of halogens is 1. The lowest BCUT2D eigenvalue weighted by atomic mass is 9.97. The molecule has 0 N–H and O–H groups in total. The third-order valence-corrected chi connectivity index (χ3v) is 3.23. The maximum absolute atomic E-state index is 10.9. The van der Waals surface area contributed by atoms with Gasteiger partial charge in [0.15, 0.2) is 0 Å². The van der Waals surface area contributed by atoms with Crippen LogP contribution in [-0.4, -0.2) is 34.0 Å². The van der Waals surface area contributed by atoms with Gasteiger partial charge in [-0.25, -0.2) is 4.98 Å². The van der Waals surface area contributed by atoms with Crippen LogP contribution in [0, 0.1) is 16.0 Å². The summed E-state index contributed by atoms with van der Waals surface area (Å²) in [5.41, 5.74) is -0.240. The number of piperidine rings is 1. The number of aromatic nitrogens is 2. The molecule has 9 heteroatoms. The molecule has 8 nitrogen and oxygen atoms in total. The molecule has 2 heterocycles. The second kappa shape index (κ2) is 5.35. The van der Waals surface area contributed by atoms with Crippen molar-refractivity contribution in [1.82, 2.24) is 9.97 Å². The fourth-order valence-electron chi connectivity index (χ4n) is 2.03. The summed E-state index contributed by atoms with van der Waals surface area (Å²) in [7, 11) is 0. The van der Waals surface area contributed by atoms with Crippen LogP contribution in [0.25, 0.3) is 0 Å². The number of hydrogen-bond acceptors (Lipinski definition) is 7. The van der Waals surface area contributed by atoms with E-state index in [-0.39, 0.29) is 16.8 Å². The number of carboxylic acid groups (broad SMARTS) is 1. The molecule has 0 bridgehead atoms. The number of carbonyl (C=O) groups excluding carboxylic acids is 1. The standard InChI is InChI=1S/C10H11ClN4O4/c11-10-12-5-7(15(18)19)8(13-10)14-3-1-6(2-4-14)9(16)17/h5-6H,1-4H2,(H,16,17)/p-1. The average Bonchev–Trinajstić information content (AvgIpc) is 2.38. The lowest BCUT2D eigenvalue weighted by molar-refractivity contribution is -0.384. The zero-order valence-electron chi connectivity index (χ0n) is 9.78. The summed E-state index contributed by atoms with van der Waals surface area (Å²) >= 11 is 5.64. The van der Waals surface area contributed by atoms with Crippen LogP contribution in [0.3, 0.4) is 0 Å². The van der Waals surface area contributed by atoms with Crippen molar-refractivity contribution in [2.45, 2.75) is 12.8 Å². The molecule has 0 aliphatic carbocycles. The van der Waals surface area contributed by atoms with Crippen LogP contribution < -0.4 is 10.0 Å². The summed E-state index contributed by atoms with van der Waals surface area (Å²) in [5, 5.41) is 21.6. The van der Waals surface area contributed by atoms with E-state index in [4.69, 9.17) is 11.6 Å². The maximum Gasteiger partial charge on any atom is 0.329 e. The maximum atomic E-state index is 10.9. The minimum absolute atomic E-state index is 0.0809. The van der Waals surface area contributed by atoms with Gasteiger partial charge >= 0.3 is 5.69 Å². The van der Waals surface area contributed by atoms with E-state index in [2.05, 4.69) is 9.97 Å². The van der Waals surface area contributed by atoms with Gasteiger partial charge in [-0.3, -0.25) is 10.1 Å². The summed E-state index contributed by atoms with van der Waals surface area (Å²) in [5.74, 6) is -1.48. The average molecular weight is 286 g/mol. The van der Waals surface area contributed by atoms with Gasteiger partial charge in [-0.05, 0) is 24.4 Å². The van der Waals surface area contributed by atoms with Crippen molar-refractivity contribution in [1.29, 1.82) is 0 Å². The predicted octanol–water partition coefficient (Wildman–Crippen LogP) is 0.00450. The molecule has 0 aromatic carbocycles. The second-order valence-electron chi connectivity index (χ2n) is 4.19. The minimum atomic E-state index is -1.09. The van der Waals surface area contributed by atoms with E-state index in [1.165, 1.54) is 0 Å². The monoisotopic (exact) mass is 285 g/mol. The van der Waals surface area contributed by atoms with Crippen molar-refractivity contribution in [3.8, 4) is 0 Å². The quantitative estimate of drug-likeness (QED) is 0.436. The molecule has 0 unspecified atom stereocenters. The lowest BCUT2D eigenvalue weighted by Crippen LogP contribution is -2.41. The molecular formula is C10H10ClN4O4-. The molecule has 1 aliphatic heterocycles. The molecule has 1 fully saturated rings. The number of rotatable bonds is 3. The number of carboxylic acids is 1. The highest BCUT2D eigenvalue weighted by molar-refractivity contribution is 6.28. The first-order valence-corrected chi connectivity index (χ1v) is 5.99. The Morgan fingerprint density at radius 1 is 1.47 bits per heavy atom. The van der Waals surface area contributed by atoms with Crippen LogP contribution in [0.5, 0.6) is 0 Å². The molecule has 2 rings (SSSR count). The zero-order valence-corrected chi connectivity index (χ0v) is 10.5. The number of nitro groups is 1. The van der Waals surface area contributed by atoms with Gasteiger partial charge < -0.3 is 14.8 Å². The number of aliphatic carboxylic acids is 1. The molecule has 19 heavy (non-hydrogen) atoms. The van der Waals surface area contributed by atoms with Crippen LogP contribution in [-0.2, 0) is 4.79 Å². The highest BCUT2D eigenvalue weighted by Crippen LogP contribution is 2.29. The topological polar surface area (TPSA) is 112 Å². The van der Waals surface area contributed by atoms with Crippen molar-refractivity contribution in [2.24, 2.45) is 5.92 Å². The molecule has 1 saturated heterocycles. The molecular weight excluding hydrogens is 276 g/mol. The van der Waals surface area contributed by atoms with E-state index < -0.39 is 16.8 Å². The van der Waals surface area contributed by atoms with Crippen LogP contribution in [0.2, 0.25) is 5.28 Å². The second-order valence-corrected chi connectivity index (χ2v) is 4.52. The van der Waals surface area contributed by atoms with E-state index >= 15 is 0 Å². The molecule has 0 radical (unpaired) electrons. The van der Waals surface area contributed by atoms with Crippen LogP contribution >= 0.6 is 11.6 Å². The lowest BCUT2D eigenvalue weighted by Gasteiger charge is -2.32. The Kier molecular flexibility index (Phi) is 3.79. The predicted molar refractivity (Wildman–Crippen MR) is 63.6 cm³/mol. The van der Waals surface area contributed by atoms with Gasteiger partial charge in [0.25, 0.3) is 0 Å². The van der Waals surface area contributed by atoms with Gasteiger partial charge in [-0.15, -0.1) is 0 Å². The molecule has 0 spiro atoms. The Hall–Kier alpha value is -1.96. The van der Waals surface area contributed by atoms with Crippen molar-refractivity contribution < 1.29 is 14.8 Å². The molecule has 1 aromatic heterocycles. The van der Waals surface area contributed by atoms with Crippen LogP contribution in [0.15, 0.2) is 6.20 Å². The third kappa shape index (κ3) is 2.90. The molecule has 0 atom stereocenters. The third-order valence-electron chi connectivity index (χ3n) is 3.05. The van der Waals surface area contributed by atoms with E-state index in [0.717, 1.165) is 6.20 Å². The highest BCUT2D eigenvalue weighted by atomic mass is 35.5. The number of carbonyl (C=O) groups is 1. The van der Waals surface area contributed by atoms with Gasteiger partial charge in [-0.1, -0.05) is 0 Å². The van der Waals surface area contributed by atoms with Crippen LogP contribution in [0.4, 0.5) is 11.5 Å². The fourth-order valence-corrected chi connectivity index (χ4v) is 2.16. The number of anilines is 1. The van der Waals surface area contributed by atoms with Gasteiger partial charge in [0, 0.05) is 25.0 Å². The first kappa shape index (κ1) is 13.5. The van der Waals surface area contributed by atoms with E-state index in [1.54, 1.807) is 4.90 Å². The Bertz CT molecular complexity index is 516. The largest absolute Gasteiger partial charge is 0.550 e. The van der Waals surface area contributed by atoms with Gasteiger partial charge in [0.1, 0.15) is 6.20 Å². The molecule has 1 aromatic rings. The molecule has 1 aliphatic rings. The summed E-state index contributed by atoms with van der Waals surface area (Å²) in [4.78, 5) is 30.1. The summed E-state index contributed by atoms with van der Waals surface area (Å²) in [6.07, 6.45) is 1.78. The smallest absolute Gasteiger partial charge is 0.329 e. The Morgan fingerprint density at radius 3 is 2.63 bits per heavy atom. The van der Waals surface area contributed by atoms with E-state index in [0.29, 0.717) is 25.9 Å². The molecule has 102 valence electrons. The van der Waals surface area contributed by atoms with Gasteiger partial charge in [0.05, 0.1) is 4.92 Å². The first-order chi connectivity index (χ1) is 8.99. The fraction of sp³-hybridized carbons (Fsp3) is 0.500. The molecule has 0 amide bonds. The highest BCUT2D eigenvalue weighted by Gasteiger charge is 2.27. The number of hydrogen-bond donors (Lipinski definition) is 0. The van der Waals surface area contributed by atoms with Gasteiger partial charge in [0.2, 0.25) is 11.1 Å². The van der Waals surface area contributed by atoms with Crippen molar-refractivity contribution in [3.05, 3.63) is 21.6 Å². The van der Waals surface area contributed by atoms with E-state index in [9.17, 15) is 20.0 Å².